The molecule has 0 amide bonds. The maximum atomic E-state index is 11.0. The van der Waals surface area contributed by atoms with Gasteiger partial charge in [0.25, 0.3) is 0 Å². The Morgan fingerprint density at radius 1 is 1.33 bits per heavy atom. The van der Waals surface area contributed by atoms with Crippen LogP contribution in [-0.2, 0) is 6.61 Å². The van der Waals surface area contributed by atoms with Crippen molar-refractivity contribution >= 4 is 16.9 Å². The first-order chi connectivity index (χ1) is 10.1. The number of aryl methyl sites for hydroxylation is 1. The van der Waals surface area contributed by atoms with E-state index in [1.165, 1.54) is 6.07 Å². The summed E-state index contributed by atoms with van der Waals surface area (Å²) in [6.45, 7) is 1.77. The summed E-state index contributed by atoms with van der Waals surface area (Å²) in [5, 5.41) is 9.98. The Labute approximate surface area is 120 Å². The highest BCUT2D eigenvalue weighted by molar-refractivity contribution is 5.88. The quantitative estimate of drug-likeness (QED) is 0.794. The molecule has 0 spiro atoms. The Kier molecular flexibility index (Phi) is 3.31. The molecular weight excluding hydrogens is 270 g/mol. The van der Waals surface area contributed by atoms with Crippen molar-refractivity contribution in [1.82, 2.24) is 4.98 Å². The first-order valence-corrected chi connectivity index (χ1v) is 6.44. The van der Waals surface area contributed by atoms with E-state index >= 15 is 0 Å². The summed E-state index contributed by atoms with van der Waals surface area (Å²) in [5.41, 5.74) is 0.923. The van der Waals surface area contributed by atoms with Crippen molar-refractivity contribution in [2.75, 3.05) is 0 Å². The Bertz CT molecular complexity index is 802. The minimum Gasteiger partial charge on any atom is -0.483 e. The standard InChI is InChI=1S/C16H13NO4/c1-10-13(16(18)19)8-12(21-10)9-20-14-6-2-4-11-5-3-7-17-15(11)14/h2-8H,9H2,1H3,(H,18,19). The second kappa shape index (κ2) is 5.28. The Balaban J connectivity index is 1.84. The van der Waals surface area contributed by atoms with Gasteiger partial charge in [-0.3, -0.25) is 4.98 Å². The second-order valence-electron chi connectivity index (χ2n) is 4.61. The molecule has 0 saturated carbocycles. The average Bonchev–Trinajstić information content (AvgIpc) is 2.86. The van der Waals surface area contributed by atoms with Gasteiger partial charge in [0.1, 0.15) is 35.0 Å². The predicted octanol–water partition coefficient (Wildman–Crippen LogP) is 3.41. The van der Waals surface area contributed by atoms with Gasteiger partial charge in [0.05, 0.1) is 0 Å². The highest BCUT2D eigenvalue weighted by Crippen LogP contribution is 2.24. The molecular formula is C16H13NO4. The van der Waals surface area contributed by atoms with Gasteiger partial charge in [-0.05, 0) is 25.1 Å². The molecule has 0 aliphatic carbocycles. The molecule has 106 valence electrons. The molecule has 5 nitrogen and oxygen atoms in total. The largest absolute Gasteiger partial charge is 0.483 e. The van der Waals surface area contributed by atoms with Gasteiger partial charge >= 0.3 is 5.97 Å². The van der Waals surface area contributed by atoms with E-state index in [1.807, 2.05) is 30.3 Å². The van der Waals surface area contributed by atoms with E-state index in [4.69, 9.17) is 14.3 Å². The van der Waals surface area contributed by atoms with Crippen molar-refractivity contribution in [3.05, 3.63) is 59.7 Å². The van der Waals surface area contributed by atoms with E-state index in [0.29, 0.717) is 17.3 Å². The average molecular weight is 283 g/mol. The number of nitrogens with zero attached hydrogens (tertiary/aromatic N) is 1. The molecule has 1 aromatic carbocycles. The summed E-state index contributed by atoms with van der Waals surface area (Å²) in [5.74, 6) is 0.475. The van der Waals surface area contributed by atoms with Crippen LogP contribution in [0.15, 0.2) is 47.0 Å². The summed E-state index contributed by atoms with van der Waals surface area (Å²) in [7, 11) is 0. The molecule has 0 aliphatic heterocycles. The van der Waals surface area contributed by atoms with Crippen LogP contribution in [0, 0.1) is 6.92 Å². The summed E-state index contributed by atoms with van der Waals surface area (Å²) in [6, 6.07) is 11.0. The van der Waals surface area contributed by atoms with Crippen LogP contribution in [0.25, 0.3) is 10.9 Å². The molecule has 0 radical (unpaired) electrons. The molecule has 3 rings (SSSR count). The van der Waals surface area contributed by atoms with E-state index in [9.17, 15) is 4.79 Å². The number of benzene rings is 1. The molecule has 3 aromatic rings. The summed E-state index contributed by atoms with van der Waals surface area (Å²) >= 11 is 0. The van der Waals surface area contributed by atoms with Crippen LogP contribution in [0.3, 0.4) is 0 Å². The first-order valence-electron chi connectivity index (χ1n) is 6.44. The molecule has 1 N–H and O–H groups in total. The van der Waals surface area contributed by atoms with Gasteiger partial charge in [0, 0.05) is 11.6 Å². The smallest absolute Gasteiger partial charge is 0.339 e. The lowest BCUT2D eigenvalue weighted by atomic mass is 10.2. The van der Waals surface area contributed by atoms with Crippen LogP contribution in [0.1, 0.15) is 21.9 Å². The fourth-order valence-electron chi connectivity index (χ4n) is 2.17. The lowest BCUT2D eigenvalue weighted by Gasteiger charge is -2.06. The molecule has 0 bridgehead atoms. The molecule has 2 heterocycles. The fraction of sp³-hybridized carbons (Fsp3) is 0.125. The molecule has 0 aliphatic rings. The Hall–Kier alpha value is -2.82. The third kappa shape index (κ3) is 2.58. The van der Waals surface area contributed by atoms with Crippen molar-refractivity contribution in [2.45, 2.75) is 13.5 Å². The SMILES string of the molecule is Cc1oc(COc2cccc3cccnc23)cc1C(=O)O. The summed E-state index contributed by atoms with van der Waals surface area (Å²) in [6.07, 6.45) is 1.70. The predicted molar refractivity (Wildman–Crippen MR) is 76.5 cm³/mol. The van der Waals surface area contributed by atoms with Crippen LogP contribution in [0.5, 0.6) is 5.75 Å². The number of aromatic carboxylic acids is 1. The molecule has 0 unspecified atom stereocenters. The van der Waals surface area contributed by atoms with Crippen molar-refractivity contribution in [3.8, 4) is 5.75 Å². The maximum Gasteiger partial charge on any atom is 0.339 e. The molecule has 0 atom stereocenters. The van der Waals surface area contributed by atoms with Crippen LogP contribution in [0.2, 0.25) is 0 Å². The number of hydrogen-bond acceptors (Lipinski definition) is 4. The van der Waals surface area contributed by atoms with Crippen LogP contribution < -0.4 is 4.74 Å². The third-order valence-corrected chi connectivity index (χ3v) is 3.16. The van der Waals surface area contributed by atoms with Crippen molar-refractivity contribution in [2.24, 2.45) is 0 Å². The lowest BCUT2D eigenvalue weighted by molar-refractivity contribution is 0.0695. The van der Waals surface area contributed by atoms with Gasteiger partial charge in [0.15, 0.2) is 0 Å². The number of carbonyl (C=O) groups is 1. The lowest BCUT2D eigenvalue weighted by Crippen LogP contribution is -1.96. The Morgan fingerprint density at radius 2 is 2.14 bits per heavy atom. The van der Waals surface area contributed by atoms with Gasteiger partial charge in [-0.2, -0.15) is 0 Å². The number of pyridine rings is 1. The normalized spacial score (nSPS) is 10.7. The highest BCUT2D eigenvalue weighted by atomic mass is 16.5. The zero-order valence-corrected chi connectivity index (χ0v) is 11.4. The van der Waals surface area contributed by atoms with Crippen molar-refractivity contribution < 1.29 is 19.1 Å². The molecule has 2 aromatic heterocycles. The van der Waals surface area contributed by atoms with E-state index in [2.05, 4.69) is 4.98 Å². The van der Waals surface area contributed by atoms with E-state index in [1.54, 1.807) is 13.1 Å². The molecule has 5 heteroatoms. The number of hydrogen-bond donors (Lipinski definition) is 1. The van der Waals surface area contributed by atoms with Crippen LogP contribution >= 0.6 is 0 Å². The molecule has 0 fully saturated rings. The van der Waals surface area contributed by atoms with Crippen LogP contribution in [-0.4, -0.2) is 16.1 Å². The number of carboxylic acid groups (broad SMARTS) is 1. The monoisotopic (exact) mass is 283 g/mol. The number of aromatic nitrogens is 1. The first kappa shape index (κ1) is 13.2. The zero-order valence-electron chi connectivity index (χ0n) is 11.4. The van der Waals surface area contributed by atoms with Gasteiger partial charge in [-0.1, -0.05) is 18.2 Å². The summed E-state index contributed by atoms with van der Waals surface area (Å²) < 4.78 is 11.1. The molecule has 0 saturated heterocycles. The summed E-state index contributed by atoms with van der Waals surface area (Å²) in [4.78, 5) is 15.3. The van der Waals surface area contributed by atoms with E-state index in [-0.39, 0.29) is 12.2 Å². The Morgan fingerprint density at radius 3 is 2.90 bits per heavy atom. The number of para-hydroxylation sites is 1. The highest BCUT2D eigenvalue weighted by Gasteiger charge is 2.14. The number of carboxylic acids is 1. The fourth-order valence-corrected chi connectivity index (χ4v) is 2.17. The van der Waals surface area contributed by atoms with Crippen molar-refractivity contribution in [1.29, 1.82) is 0 Å². The minimum atomic E-state index is -1.01. The number of rotatable bonds is 4. The van der Waals surface area contributed by atoms with Crippen LogP contribution in [0.4, 0.5) is 0 Å². The topological polar surface area (TPSA) is 72.6 Å². The van der Waals surface area contributed by atoms with E-state index in [0.717, 1.165) is 10.9 Å². The third-order valence-electron chi connectivity index (χ3n) is 3.16. The van der Waals surface area contributed by atoms with E-state index < -0.39 is 5.97 Å². The number of fused-ring (bicyclic) bond motifs is 1. The number of furan rings is 1. The second-order valence-corrected chi connectivity index (χ2v) is 4.61. The van der Waals surface area contributed by atoms with Gasteiger partial charge in [0.2, 0.25) is 0 Å². The minimum absolute atomic E-state index is 0.157. The number of ether oxygens (including phenoxy) is 1. The van der Waals surface area contributed by atoms with Crippen molar-refractivity contribution in [3.63, 3.8) is 0 Å². The zero-order chi connectivity index (χ0) is 14.8. The van der Waals surface area contributed by atoms with Gasteiger partial charge in [-0.15, -0.1) is 0 Å². The maximum absolute atomic E-state index is 11.0. The molecule has 21 heavy (non-hydrogen) atoms. The van der Waals surface area contributed by atoms with Gasteiger partial charge in [-0.25, -0.2) is 4.79 Å². The van der Waals surface area contributed by atoms with Gasteiger partial charge < -0.3 is 14.3 Å².